The van der Waals surface area contributed by atoms with Crippen LogP contribution < -0.4 is 0 Å². The van der Waals surface area contributed by atoms with Crippen LogP contribution in [0.1, 0.15) is 28.7 Å². The Hall–Kier alpha value is -2.16. The monoisotopic (exact) mass is 622 g/mol. The Balaban J connectivity index is 1.38. The molecule has 1 fully saturated rings. The van der Waals surface area contributed by atoms with Crippen molar-refractivity contribution in [1.29, 1.82) is 0 Å². The van der Waals surface area contributed by atoms with Crippen molar-refractivity contribution in [3.05, 3.63) is 68.4 Å². The van der Waals surface area contributed by atoms with Gasteiger partial charge in [0.2, 0.25) is 0 Å². The minimum atomic E-state index is -6.05. The lowest BCUT2D eigenvalue weighted by Gasteiger charge is -2.48. The first-order chi connectivity index (χ1) is 17.9. The van der Waals surface area contributed by atoms with Gasteiger partial charge in [-0.15, -0.1) is 0 Å². The van der Waals surface area contributed by atoms with Gasteiger partial charge in [0.25, 0.3) is 0 Å². The number of likely N-dealkylation sites (tertiary alicyclic amines) is 1. The highest BCUT2D eigenvalue weighted by Gasteiger charge is 2.67. The van der Waals surface area contributed by atoms with Crippen LogP contribution in [0.3, 0.4) is 0 Å². The van der Waals surface area contributed by atoms with Crippen molar-refractivity contribution in [1.82, 2.24) is 4.90 Å². The molecule has 1 unspecified atom stereocenters. The van der Waals surface area contributed by atoms with Gasteiger partial charge in [0.05, 0.1) is 35.5 Å². The molecule has 0 bridgehead atoms. The Labute approximate surface area is 228 Å². The molecule has 0 saturated carbocycles. The maximum absolute atomic E-state index is 14.3. The Morgan fingerprint density at radius 2 is 1.62 bits per heavy atom. The number of carbonyl (C=O) groups is 1. The van der Waals surface area contributed by atoms with Crippen molar-refractivity contribution in [3.63, 3.8) is 0 Å². The number of hydrogen-bond acceptors (Lipinski definition) is 4. The van der Waals surface area contributed by atoms with Crippen molar-refractivity contribution in [2.45, 2.75) is 41.7 Å². The molecule has 2 aromatic carbocycles. The zero-order chi connectivity index (χ0) is 28.8. The molecular weight excluding hydrogens is 610 g/mol. The number of fused-ring (bicyclic) bond motifs is 2. The average Bonchev–Trinajstić information content (AvgIpc) is 3.43. The summed E-state index contributed by atoms with van der Waals surface area (Å²) in [6.07, 6.45) is -11.6. The standard InChI is InChI=1S/C23H13Cl2F9N2O2S/c24-14-4-12(5-15(25)17(14)26)20(22(29,30)31)6-16(35-39-20)10-1-2-13-11(3-10)7-38-19(13)8-36(9-19)18(37)21(27,28)23(32,33)34/h1-5H,6-9H2. The molecule has 1 amide bonds. The molecule has 0 radical (unpaired) electrons. The Morgan fingerprint density at radius 1 is 1.00 bits per heavy atom. The van der Waals surface area contributed by atoms with E-state index in [-0.39, 0.29) is 29.8 Å². The lowest BCUT2D eigenvalue weighted by Crippen LogP contribution is -2.66. The summed E-state index contributed by atoms with van der Waals surface area (Å²) in [6, 6.07) is 6.03. The molecule has 0 N–H and O–H groups in total. The highest BCUT2D eigenvalue weighted by molar-refractivity contribution is 7.99. The van der Waals surface area contributed by atoms with Crippen LogP contribution in [-0.4, -0.2) is 47.9 Å². The van der Waals surface area contributed by atoms with Crippen LogP contribution in [0.2, 0.25) is 10.0 Å². The van der Waals surface area contributed by atoms with E-state index in [1.807, 2.05) is 0 Å². The molecular formula is C23H13Cl2F9N2O2S. The summed E-state index contributed by atoms with van der Waals surface area (Å²) in [7, 11) is 0. The predicted octanol–water partition coefficient (Wildman–Crippen LogP) is 7.20. The zero-order valence-electron chi connectivity index (χ0n) is 19.0. The second-order valence-corrected chi connectivity index (χ2v) is 11.1. The molecule has 210 valence electrons. The van der Waals surface area contributed by atoms with E-state index in [0.717, 1.165) is 12.1 Å². The van der Waals surface area contributed by atoms with E-state index in [0.29, 0.717) is 16.0 Å². The van der Waals surface area contributed by atoms with E-state index < -0.39 is 75.5 Å². The third-order valence-corrected chi connectivity index (χ3v) is 8.66. The maximum Gasteiger partial charge on any atom is 0.463 e. The first-order valence-electron chi connectivity index (χ1n) is 10.9. The Morgan fingerprint density at radius 3 is 2.18 bits per heavy atom. The second-order valence-electron chi connectivity index (χ2n) is 9.27. The topological polar surface area (TPSA) is 41.9 Å². The zero-order valence-corrected chi connectivity index (χ0v) is 21.3. The van der Waals surface area contributed by atoms with Crippen molar-refractivity contribution < 1.29 is 49.0 Å². The van der Waals surface area contributed by atoms with E-state index in [4.69, 9.17) is 27.9 Å². The van der Waals surface area contributed by atoms with Crippen LogP contribution in [-0.2, 0) is 26.5 Å². The lowest BCUT2D eigenvalue weighted by molar-refractivity contribution is -0.280. The first-order valence-corrected chi connectivity index (χ1v) is 12.4. The molecule has 3 heterocycles. The average molecular weight is 623 g/mol. The Bertz CT molecular complexity index is 1380. The van der Waals surface area contributed by atoms with Crippen molar-refractivity contribution in [2.75, 3.05) is 13.1 Å². The lowest BCUT2D eigenvalue weighted by atomic mass is 9.83. The number of nitrogens with zero attached hydrogens (tertiary/aromatic N) is 2. The number of amides is 1. The molecule has 1 atom stereocenters. The summed E-state index contributed by atoms with van der Waals surface area (Å²) in [4.78, 5) is 12.1. The Kier molecular flexibility index (Phi) is 6.49. The molecule has 3 aliphatic rings. The van der Waals surface area contributed by atoms with E-state index >= 15 is 0 Å². The molecule has 2 aromatic rings. The molecule has 16 heteroatoms. The van der Waals surface area contributed by atoms with Gasteiger partial charge in [-0.3, -0.25) is 4.79 Å². The number of halogens is 11. The number of benzene rings is 2. The first kappa shape index (κ1) is 28.4. The van der Waals surface area contributed by atoms with Gasteiger partial charge in [-0.25, -0.2) is 8.79 Å². The minimum absolute atomic E-state index is 0.0351. The number of hydrogen-bond donors (Lipinski definition) is 0. The fraction of sp³-hybridized carbons (Fsp3) is 0.391. The van der Waals surface area contributed by atoms with Crippen LogP contribution in [0.5, 0.6) is 0 Å². The molecule has 0 aromatic heterocycles. The molecule has 39 heavy (non-hydrogen) atoms. The third kappa shape index (κ3) is 4.29. The van der Waals surface area contributed by atoms with E-state index in [2.05, 4.69) is 4.40 Å². The van der Waals surface area contributed by atoms with Crippen LogP contribution in [0.25, 0.3) is 0 Å². The minimum Gasteiger partial charge on any atom is -0.362 e. The van der Waals surface area contributed by atoms with Gasteiger partial charge in [-0.1, -0.05) is 35.3 Å². The van der Waals surface area contributed by atoms with Gasteiger partial charge in [-0.05, 0) is 52.4 Å². The number of carbonyl (C=O) groups excluding carboxylic acids is 1. The second kappa shape index (κ2) is 8.92. The number of alkyl halides is 8. The summed E-state index contributed by atoms with van der Waals surface area (Å²) in [5.74, 6) is -9.01. The van der Waals surface area contributed by atoms with Gasteiger partial charge in [0.1, 0.15) is 5.60 Å². The van der Waals surface area contributed by atoms with Gasteiger partial charge < -0.3 is 9.64 Å². The van der Waals surface area contributed by atoms with E-state index in [1.165, 1.54) is 18.2 Å². The molecule has 3 aliphatic heterocycles. The predicted molar refractivity (Wildman–Crippen MR) is 123 cm³/mol. The van der Waals surface area contributed by atoms with E-state index in [9.17, 15) is 44.3 Å². The van der Waals surface area contributed by atoms with Crippen molar-refractivity contribution in [2.24, 2.45) is 4.40 Å². The smallest absolute Gasteiger partial charge is 0.362 e. The number of ether oxygens (including phenoxy) is 1. The van der Waals surface area contributed by atoms with E-state index in [1.54, 1.807) is 0 Å². The van der Waals surface area contributed by atoms with Gasteiger partial charge in [0, 0.05) is 6.42 Å². The molecule has 4 nitrogen and oxygen atoms in total. The van der Waals surface area contributed by atoms with Gasteiger partial charge in [0.15, 0.2) is 10.6 Å². The highest BCUT2D eigenvalue weighted by Crippen LogP contribution is 2.57. The van der Waals surface area contributed by atoms with Crippen LogP contribution in [0, 0.1) is 5.82 Å². The molecule has 1 saturated heterocycles. The summed E-state index contributed by atoms with van der Waals surface area (Å²) >= 11 is 11.7. The van der Waals surface area contributed by atoms with Gasteiger partial charge >= 0.3 is 24.2 Å². The van der Waals surface area contributed by atoms with Crippen LogP contribution in [0.4, 0.5) is 39.5 Å². The fourth-order valence-corrected chi connectivity index (χ4v) is 6.22. The summed E-state index contributed by atoms with van der Waals surface area (Å²) in [5, 5.41) is -1.17. The van der Waals surface area contributed by atoms with Crippen LogP contribution in [0.15, 0.2) is 34.7 Å². The maximum atomic E-state index is 14.3. The van der Waals surface area contributed by atoms with Gasteiger partial charge in [-0.2, -0.15) is 35.1 Å². The summed E-state index contributed by atoms with van der Waals surface area (Å²) in [6.45, 7) is -1.22. The van der Waals surface area contributed by atoms with Crippen molar-refractivity contribution >= 4 is 46.8 Å². The molecule has 0 aliphatic carbocycles. The summed E-state index contributed by atoms with van der Waals surface area (Å²) < 4.78 is 128. The number of rotatable bonds is 3. The third-order valence-electron chi connectivity index (χ3n) is 6.87. The quantitative estimate of drug-likeness (QED) is 0.207. The normalized spacial score (nSPS) is 22.6. The fourth-order valence-electron chi connectivity index (χ4n) is 4.77. The largest absolute Gasteiger partial charge is 0.463 e. The van der Waals surface area contributed by atoms with Crippen LogP contribution >= 0.6 is 35.1 Å². The SMILES string of the molecule is O=C(N1CC2(C1)OCc1cc(C3=NSC(c4cc(Cl)c(F)c(Cl)c4)(C(F)(F)F)C3)ccc12)C(F)(F)C(F)(F)F. The molecule has 1 spiro atoms. The highest BCUT2D eigenvalue weighted by atomic mass is 35.5. The summed E-state index contributed by atoms with van der Waals surface area (Å²) in [5.41, 5.74) is -0.526. The van der Waals surface area contributed by atoms with Crippen molar-refractivity contribution in [3.8, 4) is 0 Å². The molecule has 5 rings (SSSR count).